The van der Waals surface area contributed by atoms with Crippen molar-refractivity contribution in [1.82, 2.24) is 5.32 Å². The molecule has 0 radical (unpaired) electrons. The smallest absolute Gasteiger partial charge is 0.251 e. The van der Waals surface area contributed by atoms with E-state index >= 15 is 0 Å². The fraction of sp³-hybridized carbons (Fsp3) is 0.533. The Balaban J connectivity index is 1.92. The van der Waals surface area contributed by atoms with Gasteiger partial charge >= 0.3 is 0 Å². The minimum absolute atomic E-state index is 0.0811. The summed E-state index contributed by atoms with van der Waals surface area (Å²) in [5.41, 5.74) is 0.561. The van der Waals surface area contributed by atoms with Gasteiger partial charge in [0.05, 0.1) is 10.0 Å². The second kappa shape index (κ2) is 7.67. The molecule has 2 nitrogen and oxygen atoms in total. The number of carbonyl (C=O) groups excluding carboxylic acids is 1. The lowest BCUT2D eigenvalue weighted by Crippen LogP contribution is -2.34. The predicted molar refractivity (Wildman–Crippen MR) is 88.0 cm³/mol. The van der Waals surface area contributed by atoms with E-state index in [9.17, 15) is 4.79 Å². The molecule has 0 heterocycles. The Labute approximate surface area is 138 Å². The molecule has 1 aliphatic carbocycles. The molecule has 20 heavy (non-hydrogen) atoms. The summed E-state index contributed by atoms with van der Waals surface area (Å²) in [5, 5.41) is 4.91. The molecule has 0 spiro atoms. The van der Waals surface area contributed by atoms with Gasteiger partial charge in [0.15, 0.2) is 0 Å². The van der Waals surface area contributed by atoms with Gasteiger partial charge in [-0.3, -0.25) is 4.79 Å². The monoisotopic (exact) mass is 377 g/mol. The topological polar surface area (TPSA) is 29.1 Å². The van der Waals surface area contributed by atoms with Crippen molar-refractivity contribution in [1.29, 1.82) is 0 Å². The van der Waals surface area contributed by atoms with Gasteiger partial charge in [-0.15, -0.1) is 0 Å². The second-order valence-electron chi connectivity index (χ2n) is 5.30. The molecule has 1 saturated carbocycles. The van der Waals surface area contributed by atoms with Crippen LogP contribution in [0.3, 0.4) is 0 Å². The van der Waals surface area contributed by atoms with Crippen LogP contribution in [0.5, 0.6) is 0 Å². The third-order valence-corrected chi connectivity index (χ3v) is 5.54. The molecular weight excluding hydrogens is 361 g/mol. The summed E-state index contributed by atoms with van der Waals surface area (Å²) in [6.45, 7) is 0.731. The van der Waals surface area contributed by atoms with Crippen LogP contribution in [0.1, 0.15) is 36.0 Å². The normalized spacial score (nSPS) is 22.6. The molecule has 1 aromatic carbocycles. The average Bonchev–Trinajstić information content (AvgIpc) is 2.47. The summed E-state index contributed by atoms with van der Waals surface area (Å²) in [4.78, 5) is 12.1. The van der Waals surface area contributed by atoms with E-state index in [0.717, 1.165) is 11.9 Å². The first-order valence-corrected chi connectivity index (χ1v) is 8.78. The fourth-order valence-electron chi connectivity index (χ4n) is 2.72. The summed E-state index contributed by atoms with van der Waals surface area (Å²) < 4.78 is 0. The molecule has 1 aromatic rings. The van der Waals surface area contributed by atoms with Crippen molar-refractivity contribution in [3.8, 4) is 0 Å². The maximum Gasteiger partial charge on any atom is 0.251 e. The molecule has 1 amide bonds. The van der Waals surface area contributed by atoms with Crippen LogP contribution in [0.2, 0.25) is 10.0 Å². The van der Waals surface area contributed by atoms with Gasteiger partial charge in [-0.25, -0.2) is 0 Å². The Morgan fingerprint density at radius 1 is 1.20 bits per heavy atom. The first-order valence-electron chi connectivity index (χ1n) is 6.91. The Morgan fingerprint density at radius 2 is 1.90 bits per heavy atom. The van der Waals surface area contributed by atoms with Gasteiger partial charge in [0.2, 0.25) is 0 Å². The van der Waals surface area contributed by atoms with Crippen molar-refractivity contribution in [3.05, 3.63) is 33.8 Å². The van der Waals surface area contributed by atoms with Crippen molar-refractivity contribution >= 4 is 45.0 Å². The lowest BCUT2D eigenvalue weighted by atomic mass is 9.80. The molecule has 0 aliphatic heterocycles. The number of hydrogen-bond donors (Lipinski definition) is 1. The van der Waals surface area contributed by atoms with E-state index in [1.54, 1.807) is 18.2 Å². The highest BCUT2D eigenvalue weighted by atomic mass is 79.9. The highest BCUT2D eigenvalue weighted by Crippen LogP contribution is 2.31. The van der Waals surface area contributed by atoms with Crippen LogP contribution in [0.15, 0.2) is 18.2 Å². The van der Waals surface area contributed by atoms with Gasteiger partial charge in [-0.05, 0) is 42.9 Å². The highest BCUT2D eigenvalue weighted by molar-refractivity contribution is 9.09. The van der Waals surface area contributed by atoms with Crippen molar-refractivity contribution in [2.75, 3.05) is 11.9 Å². The Kier molecular flexibility index (Phi) is 6.19. The van der Waals surface area contributed by atoms with Gasteiger partial charge < -0.3 is 5.32 Å². The lowest BCUT2D eigenvalue weighted by Gasteiger charge is -2.30. The average molecular weight is 379 g/mol. The van der Waals surface area contributed by atoms with Crippen LogP contribution in [0.25, 0.3) is 0 Å². The standard InChI is InChI=1S/C15H18BrCl2NO/c16-8-11-3-1-2-4-12(11)9-19-15(20)10-5-6-13(17)14(18)7-10/h5-7,11-12H,1-4,8-9H2,(H,19,20). The number of alkyl halides is 1. The van der Waals surface area contributed by atoms with Gasteiger partial charge in [0.1, 0.15) is 0 Å². The van der Waals surface area contributed by atoms with E-state index in [2.05, 4.69) is 21.2 Å². The molecule has 0 saturated heterocycles. The van der Waals surface area contributed by atoms with Gasteiger partial charge in [-0.1, -0.05) is 52.0 Å². The molecule has 1 N–H and O–H groups in total. The summed E-state index contributed by atoms with van der Waals surface area (Å²) in [7, 11) is 0. The van der Waals surface area contributed by atoms with Crippen LogP contribution < -0.4 is 5.32 Å². The molecule has 0 aromatic heterocycles. The van der Waals surface area contributed by atoms with Crippen LogP contribution >= 0.6 is 39.1 Å². The maximum absolute atomic E-state index is 12.1. The summed E-state index contributed by atoms with van der Waals surface area (Å²) in [6.07, 6.45) is 5.00. The number of nitrogens with one attached hydrogen (secondary N) is 1. The molecule has 2 rings (SSSR count). The zero-order chi connectivity index (χ0) is 14.5. The highest BCUT2D eigenvalue weighted by Gasteiger charge is 2.24. The SMILES string of the molecule is O=C(NCC1CCCCC1CBr)c1ccc(Cl)c(Cl)c1. The maximum atomic E-state index is 12.1. The van der Waals surface area contributed by atoms with Crippen molar-refractivity contribution < 1.29 is 4.79 Å². The molecule has 2 atom stereocenters. The fourth-order valence-corrected chi connectivity index (χ4v) is 3.87. The van der Waals surface area contributed by atoms with Gasteiger partial charge in [0, 0.05) is 17.4 Å². The molecule has 5 heteroatoms. The van der Waals surface area contributed by atoms with E-state index in [4.69, 9.17) is 23.2 Å². The number of hydrogen-bond acceptors (Lipinski definition) is 1. The van der Waals surface area contributed by atoms with Crippen molar-refractivity contribution in [3.63, 3.8) is 0 Å². The third-order valence-electron chi connectivity index (χ3n) is 3.97. The molecular formula is C15H18BrCl2NO. The van der Waals surface area contributed by atoms with E-state index in [1.165, 1.54) is 25.7 Å². The Bertz CT molecular complexity index is 481. The van der Waals surface area contributed by atoms with Crippen molar-refractivity contribution in [2.24, 2.45) is 11.8 Å². The molecule has 110 valence electrons. The first kappa shape index (κ1) is 16.1. The molecule has 1 fully saturated rings. The van der Waals surface area contributed by atoms with Crippen LogP contribution in [0.4, 0.5) is 0 Å². The van der Waals surface area contributed by atoms with Gasteiger partial charge in [-0.2, -0.15) is 0 Å². The number of rotatable bonds is 4. The molecule has 0 bridgehead atoms. The minimum Gasteiger partial charge on any atom is -0.352 e. The molecule has 1 aliphatic rings. The van der Waals surface area contributed by atoms with Crippen LogP contribution in [-0.4, -0.2) is 17.8 Å². The number of halogens is 3. The first-order chi connectivity index (χ1) is 9.61. The predicted octanol–water partition coefficient (Wildman–Crippen LogP) is 4.92. The quantitative estimate of drug-likeness (QED) is 0.739. The van der Waals surface area contributed by atoms with E-state index in [1.807, 2.05) is 0 Å². The zero-order valence-electron chi connectivity index (χ0n) is 11.2. The van der Waals surface area contributed by atoms with E-state index < -0.39 is 0 Å². The van der Waals surface area contributed by atoms with Gasteiger partial charge in [0.25, 0.3) is 5.91 Å². The number of carbonyl (C=O) groups is 1. The van der Waals surface area contributed by atoms with Crippen LogP contribution in [0, 0.1) is 11.8 Å². The largest absolute Gasteiger partial charge is 0.352 e. The van der Waals surface area contributed by atoms with Crippen molar-refractivity contribution in [2.45, 2.75) is 25.7 Å². The third kappa shape index (κ3) is 4.12. The second-order valence-corrected chi connectivity index (χ2v) is 6.76. The van der Waals surface area contributed by atoms with E-state index in [-0.39, 0.29) is 5.91 Å². The molecule has 2 unspecified atom stereocenters. The number of benzene rings is 1. The number of amides is 1. The van der Waals surface area contributed by atoms with E-state index in [0.29, 0.717) is 27.4 Å². The lowest BCUT2D eigenvalue weighted by molar-refractivity contribution is 0.0937. The Morgan fingerprint density at radius 3 is 2.55 bits per heavy atom. The summed E-state index contributed by atoms with van der Waals surface area (Å²) in [6, 6.07) is 4.97. The minimum atomic E-state index is -0.0811. The summed E-state index contributed by atoms with van der Waals surface area (Å²) >= 11 is 15.4. The summed E-state index contributed by atoms with van der Waals surface area (Å²) in [5.74, 6) is 1.15. The Hall–Kier alpha value is -0.250. The zero-order valence-corrected chi connectivity index (χ0v) is 14.3. The van der Waals surface area contributed by atoms with Crippen LogP contribution in [-0.2, 0) is 0 Å².